The number of phosphoric ester groups is 1. The Kier molecular flexibility index (Phi) is 46.1. The maximum atomic E-state index is 12.7. The maximum Gasteiger partial charge on any atom is 0.472 e. The molecule has 0 fully saturated rings. The Balaban J connectivity index is 4.15. The Bertz CT molecular complexity index is 1300. The summed E-state index contributed by atoms with van der Waals surface area (Å²) >= 11 is 0. The molecule has 0 bridgehead atoms. The number of quaternary nitrogens is 1. The van der Waals surface area contributed by atoms with E-state index in [0.717, 1.165) is 57.8 Å². The Morgan fingerprint density at radius 3 is 1.33 bits per heavy atom. The number of ether oxygens (including phenoxy) is 2. The van der Waals surface area contributed by atoms with Gasteiger partial charge in [-0.15, -0.1) is 0 Å². The number of hydrogen-bond donors (Lipinski definition) is 1. The topological polar surface area (TPSA) is 108 Å². The highest BCUT2D eigenvalue weighted by Gasteiger charge is 2.27. The van der Waals surface area contributed by atoms with Gasteiger partial charge in [0.25, 0.3) is 0 Å². The first-order chi connectivity index (χ1) is 32.0. The summed E-state index contributed by atoms with van der Waals surface area (Å²) in [6.07, 6.45) is 60.2. The predicted octanol–water partition coefficient (Wildman–Crippen LogP) is 16.4. The van der Waals surface area contributed by atoms with Crippen LogP contribution in [0.1, 0.15) is 232 Å². The molecule has 0 heterocycles. The van der Waals surface area contributed by atoms with Gasteiger partial charge in [-0.25, -0.2) is 4.57 Å². The number of hydrogen-bond acceptors (Lipinski definition) is 7. The molecule has 0 radical (unpaired) electrons. The zero-order chi connectivity index (χ0) is 48.5. The normalized spacial score (nSPS) is 13.8. The summed E-state index contributed by atoms with van der Waals surface area (Å²) in [7, 11) is 1.45. The highest BCUT2D eigenvalue weighted by Crippen LogP contribution is 2.43. The van der Waals surface area contributed by atoms with Crippen LogP contribution < -0.4 is 0 Å². The lowest BCUT2D eigenvalue weighted by molar-refractivity contribution is -0.870. The number of nitrogens with zero attached hydrogens (tertiary/aromatic N) is 1. The van der Waals surface area contributed by atoms with E-state index in [1.165, 1.54) is 141 Å². The number of rotatable bonds is 49. The molecule has 0 aliphatic heterocycles. The lowest BCUT2D eigenvalue weighted by Gasteiger charge is -2.24. The van der Waals surface area contributed by atoms with Gasteiger partial charge in [0.1, 0.15) is 19.8 Å². The Hall–Kier alpha value is -2.29. The monoisotopic (exact) mass is 949 g/mol. The van der Waals surface area contributed by atoms with Crippen LogP contribution in [0.5, 0.6) is 0 Å². The molecule has 0 aromatic carbocycles. The first-order valence-corrected chi connectivity index (χ1v) is 28.5. The third kappa shape index (κ3) is 51.1. The highest BCUT2D eigenvalue weighted by atomic mass is 31.2. The first-order valence-electron chi connectivity index (χ1n) is 27.0. The van der Waals surface area contributed by atoms with Gasteiger partial charge < -0.3 is 18.9 Å². The standard InChI is InChI=1S/C56H102NO8P/c1-6-8-10-12-14-16-18-20-22-23-24-25-26-27-28-29-30-31-32-33-35-36-38-40-42-44-46-48-55(58)62-52-54(53-64-66(60,61)63-51-50-57(3,4)5)65-56(59)49-47-45-43-41-39-37-34-21-19-17-15-13-11-9-7-2/h9,11,15,17,21,23-24,34,39,41,54H,6-8,10,12-14,16,18-20,22,25-33,35-38,40,42-53H2,1-5H3/p+1/b11-9-,17-15-,24-23-,34-21-,41-39-. The molecule has 0 aliphatic rings. The van der Waals surface area contributed by atoms with Gasteiger partial charge in [0, 0.05) is 12.8 Å². The molecule has 0 spiro atoms. The SMILES string of the molecule is CC/C=C\C/C=C\C/C=C\C/C=C\CCCCC(=O)OC(COC(=O)CCCCCCCCCCCCCCCCC/C=C\CCCCCCCCCC)COP(=O)(O)OCC[N+](C)(C)C. The quantitative estimate of drug-likeness (QED) is 0.0211. The van der Waals surface area contributed by atoms with Crippen molar-refractivity contribution in [2.75, 3.05) is 47.5 Å². The van der Waals surface area contributed by atoms with Gasteiger partial charge in [0.15, 0.2) is 6.10 Å². The number of phosphoric acid groups is 1. The molecule has 384 valence electrons. The van der Waals surface area contributed by atoms with Crippen molar-refractivity contribution in [1.29, 1.82) is 0 Å². The number of esters is 2. The van der Waals surface area contributed by atoms with Gasteiger partial charge in [0.05, 0.1) is 27.7 Å². The number of carbonyl (C=O) groups excluding carboxylic acids is 2. The van der Waals surface area contributed by atoms with Gasteiger partial charge in [0.2, 0.25) is 0 Å². The molecular formula is C56H103NO8P+. The summed E-state index contributed by atoms with van der Waals surface area (Å²) < 4.78 is 34.4. The van der Waals surface area contributed by atoms with Crippen LogP contribution in [-0.4, -0.2) is 74.9 Å². The maximum absolute atomic E-state index is 12.7. The fourth-order valence-electron chi connectivity index (χ4n) is 7.35. The Labute approximate surface area is 406 Å². The lowest BCUT2D eigenvalue weighted by atomic mass is 10.0. The lowest BCUT2D eigenvalue weighted by Crippen LogP contribution is -2.37. The summed E-state index contributed by atoms with van der Waals surface area (Å²) in [6, 6.07) is 0. The van der Waals surface area contributed by atoms with Crippen molar-refractivity contribution >= 4 is 19.8 Å². The van der Waals surface area contributed by atoms with Crippen molar-refractivity contribution in [1.82, 2.24) is 0 Å². The third-order valence-corrected chi connectivity index (χ3v) is 12.5. The summed E-state index contributed by atoms with van der Waals surface area (Å²) in [6.45, 7) is 4.28. The number of likely N-dealkylation sites (N-methyl/N-ethyl adjacent to an activating group) is 1. The second-order valence-electron chi connectivity index (χ2n) is 19.2. The van der Waals surface area contributed by atoms with Crippen LogP contribution in [0, 0.1) is 0 Å². The van der Waals surface area contributed by atoms with Crippen LogP contribution in [0.3, 0.4) is 0 Å². The minimum absolute atomic E-state index is 0.0221. The summed E-state index contributed by atoms with van der Waals surface area (Å²) in [5.74, 6) is -0.843. The number of carbonyl (C=O) groups is 2. The van der Waals surface area contributed by atoms with E-state index in [1.54, 1.807) is 0 Å². The predicted molar refractivity (Wildman–Crippen MR) is 279 cm³/mol. The number of allylic oxidation sites excluding steroid dienone is 10. The molecular weight excluding hydrogens is 846 g/mol. The second kappa shape index (κ2) is 47.8. The van der Waals surface area contributed by atoms with Crippen LogP contribution in [0.2, 0.25) is 0 Å². The van der Waals surface area contributed by atoms with E-state index < -0.39 is 26.5 Å². The molecule has 1 N–H and O–H groups in total. The average Bonchev–Trinajstić information content (AvgIpc) is 3.27. The molecule has 0 saturated heterocycles. The molecule has 0 rings (SSSR count). The van der Waals surface area contributed by atoms with Crippen molar-refractivity contribution in [3.05, 3.63) is 60.8 Å². The van der Waals surface area contributed by atoms with Crippen molar-refractivity contribution in [3.63, 3.8) is 0 Å². The molecule has 2 unspecified atom stereocenters. The van der Waals surface area contributed by atoms with Crippen LogP contribution in [0.4, 0.5) is 0 Å². The van der Waals surface area contributed by atoms with Gasteiger partial charge >= 0.3 is 19.8 Å². The smallest absolute Gasteiger partial charge is 0.462 e. The molecule has 0 aromatic rings. The molecule has 66 heavy (non-hydrogen) atoms. The van der Waals surface area contributed by atoms with Crippen molar-refractivity contribution in [2.45, 2.75) is 238 Å². The van der Waals surface area contributed by atoms with Crippen LogP contribution in [0.25, 0.3) is 0 Å². The summed E-state index contributed by atoms with van der Waals surface area (Å²) in [5.41, 5.74) is 0. The third-order valence-electron chi connectivity index (χ3n) is 11.5. The largest absolute Gasteiger partial charge is 0.472 e. The van der Waals surface area contributed by atoms with Crippen molar-refractivity contribution in [2.24, 2.45) is 0 Å². The minimum Gasteiger partial charge on any atom is -0.462 e. The molecule has 2 atom stereocenters. The summed E-state index contributed by atoms with van der Waals surface area (Å²) in [4.78, 5) is 35.5. The zero-order valence-corrected chi connectivity index (χ0v) is 44.3. The fourth-order valence-corrected chi connectivity index (χ4v) is 8.10. The van der Waals surface area contributed by atoms with Gasteiger partial charge in [-0.2, -0.15) is 0 Å². The van der Waals surface area contributed by atoms with Crippen molar-refractivity contribution in [3.8, 4) is 0 Å². The van der Waals surface area contributed by atoms with E-state index in [0.29, 0.717) is 17.4 Å². The molecule has 0 aliphatic carbocycles. The first kappa shape index (κ1) is 63.7. The van der Waals surface area contributed by atoms with E-state index in [2.05, 4.69) is 74.6 Å². The van der Waals surface area contributed by atoms with Crippen molar-refractivity contribution < 1.29 is 42.1 Å². The molecule has 0 saturated carbocycles. The molecule has 9 nitrogen and oxygen atoms in total. The Morgan fingerprint density at radius 2 is 0.864 bits per heavy atom. The van der Waals surface area contributed by atoms with Crippen LogP contribution in [-0.2, 0) is 32.7 Å². The second-order valence-corrected chi connectivity index (χ2v) is 20.7. The van der Waals surface area contributed by atoms with Gasteiger partial charge in [-0.1, -0.05) is 203 Å². The van der Waals surface area contributed by atoms with E-state index in [-0.39, 0.29) is 32.0 Å². The molecule has 0 amide bonds. The summed E-state index contributed by atoms with van der Waals surface area (Å²) in [5, 5.41) is 0. The average molecular weight is 949 g/mol. The molecule has 0 aromatic heterocycles. The minimum atomic E-state index is -4.39. The highest BCUT2D eigenvalue weighted by molar-refractivity contribution is 7.47. The van der Waals surface area contributed by atoms with Crippen LogP contribution in [0.15, 0.2) is 60.8 Å². The molecule has 10 heteroatoms. The number of unbranched alkanes of at least 4 members (excludes halogenated alkanes) is 25. The fraction of sp³-hybridized carbons (Fsp3) is 0.786. The van der Waals surface area contributed by atoms with Gasteiger partial charge in [-0.05, 0) is 77.0 Å². The van der Waals surface area contributed by atoms with Crippen LogP contribution >= 0.6 is 7.82 Å². The van der Waals surface area contributed by atoms with E-state index in [1.807, 2.05) is 21.1 Å². The van der Waals surface area contributed by atoms with E-state index in [9.17, 15) is 19.0 Å². The van der Waals surface area contributed by atoms with Gasteiger partial charge in [-0.3, -0.25) is 18.6 Å². The zero-order valence-electron chi connectivity index (χ0n) is 43.4. The van der Waals surface area contributed by atoms with E-state index in [4.69, 9.17) is 18.5 Å². The Morgan fingerprint density at radius 1 is 0.485 bits per heavy atom. The van der Waals surface area contributed by atoms with E-state index >= 15 is 0 Å².